The molecular formula is C13H11ClN4O3. The molecule has 8 heteroatoms. The van der Waals surface area contributed by atoms with Crippen molar-refractivity contribution in [3.8, 4) is 0 Å². The molecule has 0 aliphatic carbocycles. The van der Waals surface area contributed by atoms with Gasteiger partial charge in [-0.05, 0) is 24.1 Å². The van der Waals surface area contributed by atoms with E-state index in [1.54, 1.807) is 18.5 Å². The van der Waals surface area contributed by atoms with Crippen molar-refractivity contribution in [1.29, 1.82) is 0 Å². The lowest BCUT2D eigenvalue weighted by Gasteiger charge is -2.08. The minimum absolute atomic E-state index is 0.0300. The van der Waals surface area contributed by atoms with Crippen molar-refractivity contribution in [2.24, 2.45) is 0 Å². The summed E-state index contributed by atoms with van der Waals surface area (Å²) in [5.41, 5.74) is 1.51. The van der Waals surface area contributed by atoms with Gasteiger partial charge in [-0.15, -0.1) is 0 Å². The molecule has 21 heavy (non-hydrogen) atoms. The molecule has 2 heterocycles. The quantitative estimate of drug-likeness (QED) is 0.531. The van der Waals surface area contributed by atoms with Gasteiger partial charge in [0.05, 0.1) is 10.5 Å². The monoisotopic (exact) mass is 306 g/mol. The standard InChI is InChI=1S/C13H11ClN4O3/c1-8-5-15-3-2-9(8)6-17-13(19)11-4-10(18(20)21)7-16-12(11)14/h2-5,7H,6H2,1H3,(H,17,19). The predicted octanol–water partition coefficient (Wildman–Crippen LogP) is 2.28. The van der Waals surface area contributed by atoms with Crippen LogP contribution in [0.5, 0.6) is 0 Å². The first-order chi connectivity index (χ1) is 9.99. The fourth-order valence-corrected chi connectivity index (χ4v) is 1.86. The number of nitrogens with one attached hydrogen (secondary N) is 1. The average Bonchev–Trinajstić information content (AvgIpc) is 2.46. The van der Waals surface area contributed by atoms with Gasteiger partial charge in [0.1, 0.15) is 11.3 Å². The molecule has 0 unspecified atom stereocenters. The summed E-state index contributed by atoms with van der Waals surface area (Å²) >= 11 is 5.80. The van der Waals surface area contributed by atoms with Gasteiger partial charge >= 0.3 is 0 Å². The highest BCUT2D eigenvalue weighted by Crippen LogP contribution is 2.19. The summed E-state index contributed by atoms with van der Waals surface area (Å²) in [6, 6.07) is 2.88. The van der Waals surface area contributed by atoms with Crippen molar-refractivity contribution in [1.82, 2.24) is 15.3 Å². The molecule has 0 saturated heterocycles. The maximum Gasteiger partial charge on any atom is 0.288 e. The maximum atomic E-state index is 12.1. The highest BCUT2D eigenvalue weighted by Gasteiger charge is 2.17. The van der Waals surface area contributed by atoms with E-state index in [1.165, 1.54) is 0 Å². The maximum absolute atomic E-state index is 12.1. The van der Waals surface area contributed by atoms with Gasteiger partial charge in [-0.1, -0.05) is 11.6 Å². The Balaban J connectivity index is 2.15. The zero-order valence-corrected chi connectivity index (χ0v) is 11.8. The highest BCUT2D eigenvalue weighted by atomic mass is 35.5. The molecule has 108 valence electrons. The summed E-state index contributed by atoms with van der Waals surface area (Å²) in [5.74, 6) is -0.521. The highest BCUT2D eigenvalue weighted by molar-refractivity contribution is 6.32. The van der Waals surface area contributed by atoms with Gasteiger partial charge in [0.25, 0.3) is 11.6 Å². The number of hydrogen-bond donors (Lipinski definition) is 1. The van der Waals surface area contributed by atoms with Crippen LogP contribution in [0.4, 0.5) is 5.69 Å². The fourth-order valence-electron chi connectivity index (χ4n) is 1.67. The van der Waals surface area contributed by atoms with E-state index < -0.39 is 10.8 Å². The number of aryl methyl sites for hydroxylation is 1. The number of pyridine rings is 2. The second-order valence-electron chi connectivity index (χ2n) is 4.27. The normalized spacial score (nSPS) is 10.2. The van der Waals surface area contributed by atoms with Crippen LogP contribution < -0.4 is 5.32 Å². The van der Waals surface area contributed by atoms with E-state index in [0.29, 0.717) is 0 Å². The summed E-state index contributed by atoms with van der Waals surface area (Å²) in [4.78, 5) is 29.7. The molecule has 2 aromatic heterocycles. The van der Waals surface area contributed by atoms with Gasteiger partial charge in [-0.2, -0.15) is 0 Å². The van der Waals surface area contributed by atoms with Crippen LogP contribution in [-0.2, 0) is 6.54 Å². The lowest BCUT2D eigenvalue weighted by atomic mass is 10.1. The summed E-state index contributed by atoms with van der Waals surface area (Å²) in [6.45, 7) is 2.14. The van der Waals surface area contributed by atoms with Crippen LogP contribution in [0.3, 0.4) is 0 Å². The lowest BCUT2D eigenvalue weighted by molar-refractivity contribution is -0.385. The van der Waals surface area contributed by atoms with Crippen LogP contribution in [0, 0.1) is 17.0 Å². The minimum atomic E-state index is -0.632. The number of rotatable bonds is 4. The summed E-state index contributed by atoms with van der Waals surface area (Å²) in [5, 5.41) is 13.3. The third-order valence-electron chi connectivity index (χ3n) is 2.86. The second-order valence-corrected chi connectivity index (χ2v) is 4.63. The number of aromatic nitrogens is 2. The van der Waals surface area contributed by atoms with Gasteiger partial charge < -0.3 is 5.32 Å². The Morgan fingerprint density at radius 1 is 1.48 bits per heavy atom. The number of hydrogen-bond acceptors (Lipinski definition) is 5. The molecule has 7 nitrogen and oxygen atoms in total. The van der Waals surface area contributed by atoms with Crippen molar-refractivity contribution in [3.05, 3.63) is 62.7 Å². The van der Waals surface area contributed by atoms with Gasteiger partial charge in [-0.3, -0.25) is 19.9 Å². The molecule has 0 atom stereocenters. The van der Waals surface area contributed by atoms with Crippen molar-refractivity contribution < 1.29 is 9.72 Å². The largest absolute Gasteiger partial charge is 0.348 e. The Morgan fingerprint density at radius 2 is 2.24 bits per heavy atom. The Labute approximate surface area is 125 Å². The second kappa shape index (κ2) is 6.27. The Bertz CT molecular complexity index is 706. The number of nitrogens with zero attached hydrogens (tertiary/aromatic N) is 3. The molecule has 0 radical (unpaired) electrons. The molecule has 1 N–H and O–H groups in total. The Morgan fingerprint density at radius 3 is 2.90 bits per heavy atom. The summed E-state index contributed by atoms with van der Waals surface area (Å²) in [6.07, 6.45) is 4.31. The van der Waals surface area contributed by atoms with Gasteiger partial charge in [0, 0.05) is 25.0 Å². The van der Waals surface area contributed by atoms with Crippen LogP contribution in [0.1, 0.15) is 21.5 Å². The third-order valence-corrected chi connectivity index (χ3v) is 3.16. The van der Waals surface area contributed by atoms with Crippen LogP contribution in [-0.4, -0.2) is 20.8 Å². The van der Waals surface area contributed by atoms with E-state index in [-0.39, 0.29) is 22.9 Å². The predicted molar refractivity (Wildman–Crippen MR) is 76.0 cm³/mol. The number of carbonyl (C=O) groups is 1. The van der Waals surface area contributed by atoms with Crippen LogP contribution in [0.15, 0.2) is 30.7 Å². The van der Waals surface area contributed by atoms with Gasteiger partial charge in [0.2, 0.25) is 0 Å². The van der Waals surface area contributed by atoms with Crippen LogP contribution >= 0.6 is 11.6 Å². The summed E-state index contributed by atoms with van der Waals surface area (Å²) in [7, 11) is 0. The van der Waals surface area contributed by atoms with Crippen molar-refractivity contribution in [2.45, 2.75) is 13.5 Å². The van der Waals surface area contributed by atoms with E-state index in [2.05, 4.69) is 15.3 Å². The molecule has 2 rings (SSSR count). The molecule has 0 aromatic carbocycles. The first kappa shape index (κ1) is 14.9. The molecule has 0 aliphatic rings. The zero-order valence-electron chi connectivity index (χ0n) is 11.0. The first-order valence-electron chi connectivity index (χ1n) is 5.96. The topological polar surface area (TPSA) is 98.0 Å². The van der Waals surface area contributed by atoms with E-state index >= 15 is 0 Å². The lowest BCUT2D eigenvalue weighted by Crippen LogP contribution is -2.24. The molecule has 0 fully saturated rings. The zero-order chi connectivity index (χ0) is 15.4. The molecular weight excluding hydrogens is 296 g/mol. The minimum Gasteiger partial charge on any atom is -0.348 e. The van der Waals surface area contributed by atoms with E-state index in [9.17, 15) is 14.9 Å². The molecule has 0 spiro atoms. The smallest absolute Gasteiger partial charge is 0.288 e. The van der Waals surface area contributed by atoms with Crippen LogP contribution in [0.25, 0.3) is 0 Å². The van der Waals surface area contributed by atoms with E-state index in [1.807, 2.05) is 6.92 Å². The van der Waals surface area contributed by atoms with Crippen molar-refractivity contribution >= 4 is 23.2 Å². The number of carbonyl (C=O) groups excluding carboxylic acids is 1. The fraction of sp³-hybridized carbons (Fsp3) is 0.154. The van der Waals surface area contributed by atoms with E-state index in [0.717, 1.165) is 23.4 Å². The molecule has 1 amide bonds. The number of halogens is 1. The third kappa shape index (κ3) is 3.51. The van der Waals surface area contributed by atoms with Crippen LogP contribution in [0.2, 0.25) is 5.15 Å². The molecule has 2 aromatic rings. The Hall–Kier alpha value is -2.54. The molecule has 0 saturated carbocycles. The molecule has 0 bridgehead atoms. The number of nitro groups is 1. The first-order valence-corrected chi connectivity index (χ1v) is 6.34. The van der Waals surface area contributed by atoms with Crippen molar-refractivity contribution in [2.75, 3.05) is 0 Å². The SMILES string of the molecule is Cc1cnccc1CNC(=O)c1cc([N+](=O)[O-])cnc1Cl. The Kier molecular flexibility index (Phi) is 4.44. The summed E-state index contributed by atoms with van der Waals surface area (Å²) < 4.78 is 0. The average molecular weight is 307 g/mol. The van der Waals surface area contributed by atoms with E-state index in [4.69, 9.17) is 11.6 Å². The van der Waals surface area contributed by atoms with Crippen molar-refractivity contribution in [3.63, 3.8) is 0 Å². The van der Waals surface area contributed by atoms with Gasteiger partial charge in [-0.25, -0.2) is 4.98 Å². The molecule has 0 aliphatic heterocycles. The van der Waals surface area contributed by atoms with Gasteiger partial charge in [0.15, 0.2) is 0 Å². The number of amides is 1.